The van der Waals surface area contributed by atoms with Crippen LogP contribution in [0.3, 0.4) is 0 Å². The molecule has 0 saturated heterocycles. The van der Waals surface area contributed by atoms with Crippen molar-refractivity contribution in [2.24, 2.45) is 0 Å². The first kappa shape index (κ1) is 18.6. The van der Waals surface area contributed by atoms with E-state index in [1.54, 1.807) is 17.7 Å². The van der Waals surface area contributed by atoms with E-state index >= 15 is 0 Å². The quantitative estimate of drug-likeness (QED) is 0.859. The predicted molar refractivity (Wildman–Crippen MR) is 84.1 cm³/mol. The maximum atomic E-state index is 12.2. The van der Waals surface area contributed by atoms with Gasteiger partial charge in [-0.1, -0.05) is 12.1 Å². The summed E-state index contributed by atoms with van der Waals surface area (Å²) < 4.78 is 42.1. The van der Waals surface area contributed by atoms with Crippen LogP contribution in [0.4, 0.5) is 23.9 Å². The number of aromatic nitrogens is 3. The summed E-state index contributed by atoms with van der Waals surface area (Å²) in [5.41, 5.74) is 0.453. The maximum Gasteiger partial charge on any atom is 0.573 e. The van der Waals surface area contributed by atoms with Crippen molar-refractivity contribution in [2.75, 3.05) is 5.32 Å². The SMILES string of the molecule is Cc1nc(NC(=O)NCc2cccc(OC(F)(F)F)c2)nn1C(C)C. The molecule has 0 aliphatic carbocycles. The monoisotopic (exact) mass is 357 g/mol. The number of carbonyl (C=O) groups is 1. The molecule has 0 radical (unpaired) electrons. The lowest BCUT2D eigenvalue weighted by atomic mass is 10.2. The average molecular weight is 357 g/mol. The predicted octanol–water partition coefficient (Wildman–Crippen LogP) is 3.39. The molecule has 136 valence electrons. The molecule has 0 fully saturated rings. The third-order valence-electron chi connectivity index (χ3n) is 3.10. The van der Waals surface area contributed by atoms with E-state index < -0.39 is 12.4 Å². The molecule has 1 aromatic heterocycles. The zero-order valence-electron chi connectivity index (χ0n) is 13.9. The molecule has 1 aromatic carbocycles. The first-order chi connectivity index (χ1) is 11.6. The molecule has 0 bridgehead atoms. The van der Waals surface area contributed by atoms with Gasteiger partial charge in [-0.2, -0.15) is 4.98 Å². The molecule has 25 heavy (non-hydrogen) atoms. The summed E-state index contributed by atoms with van der Waals surface area (Å²) in [6.45, 7) is 5.65. The van der Waals surface area contributed by atoms with Crippen LogP contribution >= 0.6 is 0 Å². The molecule has 0 saturated carbocycles. The van der Waals surface area contributed by atoms with Gasteiger partial charge in [-0.05, 0) is 38.5 Å². The zero-order valence-corrected chi connectivity index (χ0v) is 13.9. The highest BCUT2D eigenvalue weighted by molar-refractivity contribution is 5.87. The molecular weight excluding hydrogens is 339 g/mol. The molecule has 7 nitrogen and oxygen atoms in total. The number of carbonyl (C=O) groups excluding carboxylic acids is 1. The summed E-state index contributed by atoms with van der Waals surface area (Å²) in [6, 6.07) is 4.89. The summed E-state index contributed by atoms with van der Waals surface area (Å²) in [6.07, 6.45) is -4.76. The van der Waals surface area contributed by atoms with Crippen molar-refractivity contribution in [3.63, 3.8) is 0 Å². The van der Waals surface area contributed by atoms with Crippen LogP contribution in [0.2, 0.25) is 0 Å². The summed E-state index contributed by atoms with van der Waals surface area (Å²) in [5.74, 6) is 0.459. The van der Waals surface area contributed by atoms with E-state index in [1.165, 1.54) is 18.2 Å². The Morgan fingerprint density at radius 2 is 2.08 bits per heavy atom. The Kier molecular flexibility index (Phi) is 5.50. The van der Waals surface area contributed by atoms with E-state index in [4.69, 9.17) is 0 Å². The van der Waals surface area contributed by atoms with E-state index in [1.807, 2.05) is 13.8 Å². The van der Waals surface area contributed by atoms with Gasteiger partial charge >= 0.3 is 12.4 Å². The normalized spacial score (nSPS) is 11.5. The Hall–Kier alpha value is -2.78. The van der Waals surface area contributed by atoms with Gasteiger partial charge < -0.3 is 10.1 Å². The Labute approximate surface area is 142 Å². The number of hydrogen-bond acceptors (Lipinski definition) is 4. The summed E-state index contributed by atoms with van der Waals surface area (Å²) in [7, 11) is 0. The lowest BCUT2D eigenvalue weighted by Crippen LogP contribution is -2.28. The van der Waals surface area contributed by atoms with Crippen molar-refractivity contribution in [3.05, 3.63) is 35.7 Å². The maximum absolute atomic E-state index is 12.2. The van der Waals surface area contributed by atoms with Crippen LogP contribution in [0, 0.1) is 6.92 Å². The van der Waals surface area contributed by atoms with Gasteiger partial charge in [-0.15, -0.1) is 18.3 Å². The van der Waals surface area contributed by atoms with Gasteiger partial charge in [-0.3, -0.25) is 5.32 Å². The lowest BCUT2D eigenvalue weighted by molar-refractivity contribution is -0.274. The van der Waals surface area contributed by atoms with Gasteiger partial charge in [0, 0.05) is 12.6 Å². The average Bonchev–Trinajstić information content (AvgIpc) is 2.84. The number of ether oxygens (including phenoxy) is 1. The van der Waals surface area contributed by atoms with E-state index in [2.05, 4.69) is 25.5 Å². The fourth-order valence-electron chi connectivity index (χ4n) is 2.12. The van der Waals surface area contributed by atoms with Crippen LogP contribution in [0.1, 0.15) is 31.3 Å². The van der Waals surface area contributed by atoms with Gasteiger partial charge in [0.15, 0.2) is 0 Å². The molecular formula is C15H18F3N5O2. The molecule has 10 heteroatoms. The zero-order chi connectivity index (χ0) is 18.6. The van der Waals surface area contributed by atoms with E-state index in [-0.39, 0.29) is 24.3 Å². The van der Waals surface area contributed by atoms with Crippen LogP contribution < -0.4 is 15.4 Å². The van der Waals surface area contributed by atoms with Crippen LogP contribution in [0.25, 0.3) is 0 Å². The number of aryl methyl sites for hydroxylation is 1. The number of halogens is 3. The molecule has 2 aromatic rings. The topological polar surface area (TPSA) is 81.1 Å². The molecule has 0 spiro atoms. The molecule has 1 heterocycles. The first-order valence-corrected chi connectivity index (χ1v) is 7.47. The Balaban J connectivity index is 1.92. The number of anilines is 1. The fourth-order valence-corrected chi connectivity index (χ4v) is 2.12. The number of nitrogens with zero attached hydrogens (tertiary/aromatic N) is 3. The minimum Gasteiger partial charge on any atom is -0.406 e. The van der Waals surface area contributed by atoms with E-state index in [0.717, 1.165) is 0 Å². The number of amides is 2. The van der Waals surface area contributed by atoms with Crippen molar-refractivity contribution in [1.29, 1.82) is 0 Å². The van der Waals surface area contributed by atoms with E-state index in [9.17, 15) is 18.0 Å². The van der Waals surface area contributed by atoms with Gasteiger partial charge in [0.05, 0.1) is 0 Å². The molecule has 0 atom stereocenters. The highest BCUT2D eigenvalue weighted by Crippen LogP contribution is 2.23. The van der Waals surface area contributed by atoms with Crippen molar-refractivity contribution >= 4 is 12.0 Å². The second-order valence-corrected chi connectivity index (χ2v) is 5.52. The number of rotatable bonds is 5. The molecule has 2 N–H and O–H groups in total. The highest BCUT2D eigenvalue weighted by atomic mass is 19.4. The molecule has 2 amide bonds. The number of alkyl halides is 3. The number of hydrogen-bond donors (Lipinski definition) is 2. The summed E-state index contributed by atoms with van der Waals surface area (Å²) in [4.78, 5) is 16.0. The second kappa shape index (κ2) is 7.41. The number of urea groups is 1. The molecule has 0 unspecified atom stereocenters. The molecule has 0 aliphatic rings. The van der Waals surface area contributed by atoms with Crippen molar-refractivity contribution < 1.29 is 22.7 Å². The number of nitrogens with one attached hydrogen (secondary N) is 2. The third kappa shape index (κ3) is 5.66. The van der Waals surface area contributed by atoms with Crippen molar-refractivity contribution in [1.82, 2.24) is 20.1 Å². The minimum absolute atomic E-state index is 0.0186. The fraction of sp³-hybridized carbons (Fsp3) is 0.400. The smallest absolute Gasteiger partial charge is 0.406 e. The van der Waals surface area contributed by atoms with Crippen LogP contribution in [0.5, 0.6) is 5.75 Å². The lowest BCUT2D eigenvalue weighted by Gasteiger charge is -2.10. The second-order valence-electron chi connectivity index (χ2n) is 5.52. The highest BCUT2D eigenvalue weighted by Gasteiger charge is 2.31. The van der Waals surface area contributed by atoms with Gasteiger partial charge in [-0.25, -0.2) is 9.48 Å². The largest absolute Gasteiger partial charge is 0.573 e. The summed E-state index contributed by atoms with van der Waals surface area (Å²) >= 11 is 0. The molecule has 0 aliphatic heterocycles. The first-order valence-electron chi connectivity index (χ1n) is 7.47. The van der Waals surface area contributed by atoms with Crippen molar-refractivity contribution in [3.8, 4) is 5.75 Å². The van der Waals surface area contributed by atoms with Crippen LogP contribution in [-0.4, -0.2) is 27.2 Å². The summed E-state index contributed by atoms with van der Waals surface area (Å²) in [5, 5.41) is 9.14. The van der Waals surface area contributed by atoms with Crippen LogP contribution in [0.15, 0.2) is 24.3 Å². The Morgan fingerprint density at radius 1 is 1.36 bits per heavy atom. The third-order valence-corrected chi connectivity index (χ3v) is 3.10. The number of benzene rings is 1. The Bertz CT molecular complexity index is 743. The van der Waals surface area contributed by atoms with E-state index in [0.29, 0.717) is 11.4 Å². The van der Waals surface area contributed by atoms with Crippen LogP contribution in [-0.2, 0) is 6.54 Å². The van der Waals surface area contributed by atoms with Gasteiger partial charge in [0.25, 0.3) is 0 Å². The Morgan fingerprint density at radius 3 is 2.68 bits per heavy atom. The van der Waals surface area contributed by atoms with Gasteiger partial charge in [0.2, 0.25) is 5.95 Å². The molecule has 2 rings (SSSR count). The minimum atomic E-state index is -4.76. The standard InChI is InChI=1S/C15H18F3N5O2/c1-9(2)23-10(3)20-13(22-23)21-14(24)19-8-11-5-4-6-12(7-11)25-15(16,17)18/h4-7,9H,8H2,1-3H3,(H2,19,21,22,24). The van der Waals surface area contributed by atoms with Crippen molar-refractivity contribution in [2.45, 2.75) is 39.7 Å². The van der Waals surface area contributed by atoms with Gasteiger partial charge in [0.1, 0.15) is 11.6 Å².